The van der Waals surface area contributed by atoms with E-state index in [1.807, 2.05) is 6.07 Å². The highest BCUT2D eigenvalue weighted by Gasteiger charge is 2.20. The van der Waals surface area contributed by atoms with Crippen LogP contribution in [0.15, 0.2) is 54.1 Å². The van der Waals surface area contributed by atoms with Crippen molar-refractivity contribution in [1.29, 1.82) is 0 Å². The molecule has 9 nitrogen and oxygen atoms in total. The summed E-state index contributed by atoms with van der Waals surface area (Å²) in [6.45, 7) is 7.08. The third-order valence-electron chi connectivity index (χ3n) is 5.79. The predicted molar refractivity (Wildman–Crippen MR) is 135 cm³/mol. The van der Waals surface area contributed by atoms with Crippen LogP contribution in [0.5, 0.6) is 11.5 Å². The summed E-state index contributed by atoms with van der Waals surface area (Å²) in [6.07, 6.45) is 5.95. The second kappa shape index (κ2) is 13.3. The molecule has 1 amide bonds. The van der Waals surface area contributed by atoms with Crippen LogP contribution in [0.25, 0.3) is 0 Å². The third-order valence-corrected chi connectivity index (χ3v) is 6.74. The number of hydrogen-bond acceptors (Lipinski definition) is 8. The van der Waals surface area contributed by atoms with Crippen LogP contribution in [0, 0.1) is 0 Å². The van der Waals surface area contributed by atoms with Gasteiger partial charge in [-0.05, 0) is 43.2 Å². The average Bonchev–Trinajstić information content (AvgIpc) is 2.86. The number of phenols is 1. The van der Waals surface area contributed by atoms with E-state index in [0.29, 0.717) is 35.3 Å². The lowest BCUT2D eigenvalue weighted by molar-refractivity contribution is 0.0957. The smallest absolute Gasteiger partial charge is 0.253 e. The average molecular weight is 503 g/mol. The molecule has 10 heteroatoms. The number of phenolic OH excluding ortho intramolecular Hbond substituents is 1. The van der Waals surface area contributed by atoms with E-state index in [2.05, 4.69) is 27.1 Å². The molecule has 190 valence electrons. The lowest BCUT2D eigenvalue weighted by atomic mass is 10.0. The highest BCUT2D eigenvalue weighted by atomic mass is 32.2. The molecule has 4 N–H and O–H groups in total. The van der Waals surface area contributed by atoms with Crippen molar-refractivity contribution in [3.8, 4) is 11.5 Å². The first-order chi connectivity index (χ1) is 16.9. The van der Waals surface area contributed by atoms with Gasteiger partial charge in [-0.1, -0.05) is 6.08 Å². The zero-order valence-corrected chi connectivity index (χ0v) is 20.8. The Balaban J connectivity index is 1.35. The number of carbonyl (C=O) groups is 1. The number of likely N-dealkylation sites (tertiary alicyclic amines) is 1. The van der Waals surface area contributed by atoms with E-state index in [1.165, 1.54) is 18.4 Å². The van der Waals surface area contributed by atoms with Crippen molar-refractivity contribution in [2.45, 2.75) is 36.4 Å². The molecule has 1 aliphatic heterocycles. The summed E-state index contributed by atoms with van der Waals surface area (Å²) in [5.41, 5.74) is 1.46. The van der Waals surface area contributed by atoms with Crippen LogP contribution in [0.1, 0.15) is 28.9 Å². The Hall–Kier alpha value is -2.79. The Morgan fingerprint density at radius 3 is 2.77 bits per heavy atom. The quantitative estimate of drug-likeness (QED) is 0.322. The van der Waals surface area contributed by atoms with Crippen molar-refractivity contribution in [3.05, 3.63) is 60.4 Å². The molecule has 2 atom stereocenters. The summed E-state index contributed by atoms with van der Waals surface area (Å²) in [7, 11) is -1.32. The molecule has 0 bridgehead atoms. The first kappa shape index (κ1) is 26.8. The van der Waals surface area contributed by atoms with Crippen LogP contribution in [-0.4, -0.2) is 81.4 Å². The number of pyridine rings is 1. The van der Waals surface area contributed by atoms with Crippen molar-refractivity contribution < 1.29 is 24.0 Å². The Labute approximate surface area is 208 Å². The first-order valence-corrected chi connectivity index (χ1v) is 13.2. The number of nitrogens with zero attached hydrogens (tertiary/aromatic N) is 2. The van der Waals surface area contributed by atoms with E-state index >= 15 is 0 Å². The predicted octanol–water partition coefficient (Wildman–Crippen LogP) is 1.43. The van der Waals surface area contributed by atoms with Gasteiger partial charge < -0.3 is 25.6 Å². The Morgan fingerprint density at radius 1 is 1.34 bits per heavy atom. The van der Waals surface area contributed by atoms with Gasteiger partial charge in [0.05, 0.1) is 27.0 Å². The summed E-state index contributed by atoms with van der Waals surface area (Å²) in [6, 6.07) is 8.55. The van der Waals surface area contributed by atoms with Gasteiger partial charge in [-0.15, -0.1) is 6.58 Å². The van der Waals surface area contributed by atoms with Crippen LogP contribution in [0.3, 0.4) is 0 Å². The molecule has 0 radical (unpaired) electrons. The topological polar surface area (TPSA) is 124 Å². The van der Waals surface area contributed by atoms with Gasteiger partial charge in [0.25, 0.3) is 5.91 Å². The van der Waals surface area contributed by atoms with E-state index in [4.69, 9.17) is 4.74 Å². The van der Waals surface area contributed by atoms with Crippen LogP contribution in [-0.2, 0) is 17.3 Å². The molecule has 3 rings (SSSR count). The maximum atomic E-state index is 12.0. The molecule has 1 aromatic carbocycles. The number of rotatable bonds is 12. The molecule has 0 saturated carbocycles. The minimum absolute atomic E-state index is 0.0359. The number of nitrogens with one attached hydrogen (secondary N) is 2. The van der Waals surface area contributed by atoms with E-state index in [0.717, 1.165) is 38.2 Å². The standard InChI is InChI=1S/C25H34N4O5S/c1-3-10-26-25(32)18-4-5-20(27-14-18)16-29-11-8-19(9-12-29)28-15-21(30)17-34-22-6-7-23(31)24(13-22)35(2)33/h3-7,13-14,19,21,28,30-31H,1,8-12,15-17H2,2H3,(H,26,32). The largest absolute Gasteiger partial charge is 0.507 e. The van der Waals surface area contributed by atoms with Crippen LogP contribution >= 0.6 is 0 Å². The summed E-state index contributed by atoms with van der Waals surface area (Å²) in [5, 5.41) is 26.2. The summed E-state index contributed by atoms with van der Waals surface area (Å²) < 4.78 is 17.2. The zero-order chi connectivity index (χ0) is 25.2. The molecule has 2 unspecified atom stereocenters. The summed E-state index contributed by atoms with van der Waals surface area (Å²) in [4.78, 5) is 19.0. The SMILES string of the molecule is C=CCNC(=O)c1ccc(CN2CCC(NCC(O)COc3ccc(O)c(S(C)=O)c3)CC2)nc1. The normalized spacial score (nSPS) is 16.4. The maximum Gasteiger partial charge on any atom is 0.253 e. The van der Waals surface area contributed by atoms with Crippen LogP contribution in [0.4, 0.5) is 0 Å². The molecule has 1 fully saturated rings. The minimum atomic E-state index is -1.32. The van der Waals surface area contributed by atoms with Gasteiger partial charge in [-0.25, -0.2) is 0 Å². The van der Waals surface area contributed by atoms with Crippen molar-refractivity contribution >= 4 is 16.7 Å². The van der Waals surface area contributed by atoms with E-state index in [-0.39, 0.29) is 18.3 Å². The monoisotopic (exact) mass is 502 g/mol. The number of benzene rings is 1. The molecular weight excluding hydrogens is 468 g/mol. The number of piperidine rings is 1. The maximum absolute atomic E-state index is 12.0. The Kier molecular flexibility index (Phi) is 10.2. The van der Waals surface area contributed by atoms with Crippen LogP contribution < -0.4 is 15.4 Å². The lowest BCUT2D eigenvalue weighted by Crippen LogP contribution is -2.45. The highest BCUT2D eigenvalue weighted by Crippen LogP contribution is 2.25. The molecule has 2 heterocycles. The Morgan fingerprint density at radius 2 is 2.11 bits per heavy atom. The van der Waals surface area contributed by atoms with Gasteiger partial charge in [0.1, 0.15) is 24.2 Å². The number of aliphatic hydroxyl groups is 1. The molecule has 1 saturated heterocycles. The second-order valence-electron chi connectivity index (χ2n) is 8.54. The van der Waals surface area contributed by atoms with E-state index in [9.17, 15) is 19.2 Å². The fourth-order valence-corrected chi connectivity index (χ4v) is 4.46. The number of ether oxygens (including phenoxy) is 1. The number of hydrogen-bond donors (Lipinski definition) is 4. The second-order valence-corrected chi connectivity index (χ2v) is 9.89. The lowest BCUT2D eigenvalue weighted by Gasteiger charge is -2.32. The molecular formula is C25H34N4O5S. The third kappa shape index (κ3) is 8.43. The van der Waals surface area contributed by atoms with Gasteiger partial charge in [0.2, 0.25) is 0 Å². The number of amides is 1. The van der Waals surface area contributed by atoms with Gasteiger partial charge >= 0.3 is 0 Å². The van der Waals surface area contributed by atoms with Gasteiger partial charge in [0.15, 0.2) is 0 Å². The zero-order valence-electron chi connectivity index (χ0n) is 20.0. The number of aromatic nitrogens is 1. The first-order valence-electron chi connectivity index (χ1n) is 11.6. The van der Waals surface area contributed by atoms with Crippen molar-refractivity contribution in [1.82, 2.24) is 20.5 Å². The van der Waals surface area contributed by atoms with E-state index < -0.39 is 16.9 Å². The van der Waals surface area contributed by atoms with Gasteiger partial charge in [0, 0.05) is 51.2 Å². The molecule has 1 aromatic heterocycles. The molecule has 35 heavy (non-hydrogen) atoms. The highest BCUT2D eigenvalue weighted by molar-refractivity contribution is 7.84. The van der Waals surface area contributed by atoms with Crippen LogP contribution in [0.2, 0.25) is 0 Å². The fraction of sp³-hybridized carbons (Fsp3) is 0.440. The fourth-order valence-electron chi connectivity index (χ4n) is 3.81. The molecule has 2 aromatic rings. The summed E-state index contributed by atoms with van der Waals surface area (Å²) >= 11 is 0. The minimum Gasteiger partial charge on any atom is -0.507 e. The van der Waals surface area contributed by atoms with Gasteiger partial charge in [-0.3, -0.25) is 18.9 Å². The molecule has 0 spiro atoms. The molecule has 0 aliphatic carbocycles. The van der Waals surface area contributed by atoms with Crippen molar-refractivity contribution in [3.63, 3.8) is 0 Å². The number of aromatic hydroxyl groups is 1. The Bertz CT molecular complexity index is 1010. The number of carbonyl (C=O) groups excluding carboxylic acids is 1. The number of aliphatic hydroxyl groups excluding tert-OH is 1. The summed E-state index contributed by atoms with van der Waals surface area (Å²) in [5.74, 6) is 0.263. The van der Waals surface area contributed by atoms with Gasteiger partial charge in [-0.2, -0.15) is 0 Å². The van der Waals surface area contributed by atoms with Crippen molar-refractivity contribution in [2.75, 3.05) is 39.0 Å². The van der Waals surface area contributed by atoms with E-state index in [1.54, 1.807) is 24.4 Å². The van der Waals surface area contributed by atoms with Crippen molar-refractivity contribution in [2.24, 2.45) is 0 Å². The molecule has 1 aliphatic rings.